The zero-order valence-electron chi connectivity index (χ0n) is 12.6. The van der Waals surface area contributed by atoms with E-state index in [9.17, 15) is 10.1 Å². The summed E-state index contributed by atoms with van der Waals surface area (Å²) in [6.07, 6.45) is 3.13. The zero-order valence-corrected chi connectivity index (χ0v) is 14.2. The van der Waals surface area contributed by atoms with E-state index >= 15 is 0 Å². The third kappa shape index (κ3) is 3.41. The summed E-state index contributed by atoms with van der Waals surface area (Å²) >= 11 is 7.14. The van der Waals surface area contributed by atoms with Crippen LogP contribution in [0.1, 0.15) is 40.3 Å². The number of fused-ring (bicyclic) bond motifs is 1. The van der Waals surface area contributed by atoms with Crippen LogP contribution in [0.3, 0.4) is 0 Å². The lowest BCUT2D eigenvalue weighted by Crippen LogP contribution is -2.12. The predicted octanol–water partition coefficient (Wildman–Crippen LogP) is 4.46. The number of halogens is 1. The molecule has 118 valence electrons. The Hall–Kier alpha value is -1.83. The Balaban J connectivity index is 1.85. The fourth-order valence-corrected chi connectivity index (χ4v) is 4.54. The molecule has 1 atom stereocenters. The van der Waals surface area contributed by atoms with Gasteiger partial charge in [0.25, 0.3) is 0 Å². The smallest absolute Gasteiger partial charge is 0.226 e. The third-order valence-corrected chi connectivity index (χ3v) is 5.58. The second-order valence-corrected chi connectivity index (χ2v) is 7.14. The van der Waals surface area contributed by atoms with Crippen molar-refractivity contribution in [2.45, 2.75) is 31.6 Å². The Kier molecular flexibility index (Phi) is 5.00. The van der Waals surface area contributed by atoms with Crippen molar-refractivity contribution in [3.05, 3.63) is 51.9 Å². The first-order chi connectivity index (χ1) is 11.2. The average molecular weight is 345 g/mol. The molecule has 1 aromatic heterocycles. The van der Waals surface area contributed by atoms with Gasteiger partial charge in [0.2, 0.25) is 5.91 Å². The Morgan fingerprint density at radius 1 is 1.39 bits per heavy atom. The Labute approximate surface area is 144 Å². The van der Waals surface area contributed by atoms with Gasteiger partial charge in [-0.3, -0.25) is 4.79 Å². The van der Waals surface area contributed by atoms with Gasteiger partial charge in [0, 0.05) is 17.2 Å². The van der Waals surface area contributed by atoms with Gasteiger partial charge in [-0.1, -0.05) is 30.3 Å². The molecule has 0 unspecified atom stereocenters. The van der Waals surface area contributed by atoms with E-state index in [2.05, 4.69) is 35.7 Å². The molecule has 5 heteroatoms. The van der Waals surface area contributed by atoms with Crippen LogP contribution in [0.5, 0.6) is 0 Å². The predicted molar refractivity (Wildman–Crippen MR) is 94.2 cm³/mol. The first-order valence-corrected chi connectivity index (χ1v) is 9.03. The fourth-order valence-electron chi connectivity index (χ4n) is 3.08. The maximum atomic E-state index is 11.8. The summed E-state index contributed by atoms with van der Waals surface area (Å²) in [6, 6.07) is 12.8. The van der Waals surface area contributed by atoms with E-state index in [0.29, 0.717) is 16.5 Å². The Morgan fingerprint density at radius 2 is 2.17 bits per heavy atom. The maximum Gasteiger partial charge on any atom is 0.226 e. The standard InChI is InChI=1S/C18H17ClN2OS/c19-9-8-17(22)21-18-15(11-20)14-7-6-13(10-16(14)23-18)12-4-2-1-3-5-12/h1-5,13H,6-10H2,(H,21,22)/t13-/m1/s1. The molecule has 0 aliphatic heterocycles. The molecule has 1 aliphatic carbocycles. The van der Waals surface area contributed by atoms with Crippen molar-refractivity contribution in [2.24, 2.45) is 0 Å². The number of anilines is 1. The van der Waals surface area contributed by atoms with E-state index in [1.165, 1.54) is 10.4 Å². The summed E-state index contributed by atoms with van der Waals surface area (Å²) in [7, 11) is 0. The third-order valence-electron chi connectivity index (χ3n) is 4.22. The summed E-state index contributed by atoms with van der Waals surface area (Å²) in [5, 5.41) is 13.0. The lowest BCUT2D eigenvalue weighted by Gasteiger charge is -2.22. The van der Waals surface area contributed by atoms with E-state index in [0.717, 1.165) is 24.8 Å². The highest BCUT2D eigenvalue weighted by Gasteiger charge is 2.27. The number of carbonyl (C=O) groups is 1. The Bertz CT molecular complexity index is 748. The molecule has 3 rings (SSSR count). The number of thiophene rings is 1. The molecule has 1 amide bonds. The van der Waals surface area contributed by atoms with Crippen LogP contribution in [-0.2, 0) is 17.6 Å². The molecular formula is C18H17ClN2OS. The molecule has 23 heavy (non-hydrogen) atoms. The second kappa shape index (κ2) is 7.16. The summed E-state index contributed by atoms with van der Waals surface area (Å²) in [6.45, 7) is 0. The van der Waals surface area contributed by atoms with Crippen molar-refractivity contribution in [1.29, 1.82) is 5.26 Å². The molecule has 0 saturated carbocycles. The van der Waals surface area contributed by atoms with Crippen LogP contribution in [0.2, 0.25) is 0 Å². The monoisotopic (exact) mass is 344 g/mol. The van der Waals surface area contributed by atoms with Gasteiger partial charge in [-0.05, 0) is 36.3 Å². The van der Waals surface area contributed by atoms with Gasteiger partial charge in [-0.2, -0.15) is 5.26 Å². The summed E-state index contributed by atoms with van der Waals surface area (Å²) in [5.41, 5.74) is 3.10. The number of rotatable bonds is 4. The van der Waals surface area contributed by atoms with Crippen molar-refractivity contribution >= 4 is 33.8 Å². The number of nitriles is 1. The maximum absolute atomic E-state index is 11.8. The van der Waals surface area contributed by atoms with Gasteiger partial charge in [-0.25, -0.2) is 0 Å². The van der Waals surface area contributed by atoms with E-state index in [4.69, 9.17) is 11.6 Å². The number of amides is 1. The summed E-state index contributed by atoms with van der Waals surface area (Å²) in [4.78, 5) is 13.0. The zero-order chi connectivity index (χ0) is 16.2. The minimum absolute atomic E-state index is 0.130. The molecule has 2 aromatic rings. The number of alkyl halides is 1. The minimum Gasteiger partial charge on any atom is -0.317 e. The van der Waals surface area contributed by atoms with Crippen molar-refractivity contribution < 1.29 is 4.79 Å². The summed E-state index contributed by atoms with van der Waals surface area (Å²) in [5.74, 6) is 0.643. The van der Waals surface area contributed by atoms with Crippen molar-refractivity contribution in [3.63, 3.8) is 0 Å². The van der Waals surface area contributed by atoms with Gasteiger partial charge in [0.1, 0.15) is 11.1 Å². The van der Waals surface area contributed by atoms with Crippen molar-refractivity contribution in [2.75, 3.05) is 11.2 Å². The topological polar surface area (TPSA) is 52.9 Å². The Morgan fingerprint density at radius 3 is 2.87 bits per heavy atom. The van der Waals surface area contributed by atoms with Crippen LogP contribution in [0.4, 0.5) is 5.00 Å². The molecule has 1 aromatic carbocycles. The van der Waals surface area contributed by atoms with Gasteiger partial charge in [-0.15, -0.1) is 22.9 Å². The first kappa shape index (κ1) is 16.0. The number of carbonyl (C=O) groups excluding carboxylic acids is 1. The van der Waals surface area contributed by atoms with E-state index in [-0.39, 0.29) is 18.2 Å². The molecule has 0 saturated heterocycles. The molecule has 0 fully saturated rings. The number of benzene rings is 1. The molecular weight excluding hydrogens is 328 g/mol. The number of hydrogen-bond acceptors (Lipinski definition) is 3. The lowest BCUT2D eigenvalue weighted by atomic mass is 9.83. The number of hydrogen-bond donors (Lipinski definition) is 1. The molecule has 3 nitrogen and oxygen atoms in total. The van der Waals surface area contributed by atoms with Gasteiger partial charge in [0.15, 0.2) is 0 Å². The highest BCUT2D eigenvalue weighted by Crippen LogP contribution is 2.42. The van der Waals surface area contributed by atoms with Crippen molar-refractivity contribution in [1.82, 2.24) is 0 Å². The molecule has 1 heterocycles. The average Bonchev–Trinajstić information content (AvgIpc) is 2.91. The molecule has 0 radical (unpaired) electrons. The van der Waals surface area contributed by atoms with Crippen LogP contribution >= 0.6 is 22.9 Å². The SMILES string of the molecule is N#Cc1c(NC(=O)CCCl)sc2c1CC[C@@H](c1ccccc1)C2. The lowest BCUT2D eigenvalue weighted by molar-refractivity contribution is -0.115. The van der Waals surface area contributed by atoms with E-state index in [1.54, 1.807) is 11.3 Å². The van der Waals surface area contributed by atoms with Crippen LogP contribution in [-0.4, -0.2) is 11.8 Å². The van der Waals surface area contributed by atoms with Crippen LogP contribution in [0, 0.1) is 11.3 Å². The van der Waals surface area contributed by atoms with Crippen molar-refractivity contribution in [3.8, 4) is 6.07 Å². The highest BCUT2D eigenvalue weighted by molar-refractivity contribution is 7.16. The normalized spacial score (nSPS) is 16.4. The van der Waals surface area contributed by atoms with E-state index in [1.807, 2.05) is 6.07 Å². The summed E-state index contributed by atoms with van der Waals surface area (Å²) < 4.78 is 0. The number of nitrogens with zero attached hydrogens (tertiary/aromatic N) is 1. The second-order valence-electron chi connectivity index (χ2n) is 5.66. The first-order valence-electron chi connectivity index (χ1n) is 7.68. The minimum atomic E-state index is -0.130. The van der Waals surface area contributed by atoms with Crippen LogP contribution < -0.4 is 5.32 Å². The molecule has 1 N–H and O–H groups in total. The van der Waals surface area contributed by atoms with Crippen LogP contribution in [0.25, 0.3) is 0 Å². The molecule has 0 bridgehead atoms. The van der Waals surface area contributed by atoms with Gasteiger partial charge in [0.05, 0.1) is 5.56 Å². The van der Waals surface area contributed by atoms with Gasteiger partial charge >= 0.3 is 0 Å². The number of nitrogens with one attached hydrogen (secondary N) is 1. The largest absolute Gasteiger partial charge is 0.317 e. The van der Waals surface area contributed by atoms with Crippen LogP contribution in [0.15, 0.2) is 30.3 Å². The fraction of sp³-hybridized carbons (Fsp3) is 0.333. The molecule has 0 spiro atoms. The van der Waals surface area contributed by atoms with Gasteiger partial charge < -0.3 is 5.32 Å². The molecule has 1 aliphatic rings. The quantitative estimate of drug-likeness (QED) is 0.832. The highest BCUT2D eigenvalue weighted by atomic mass is 35.5. The van der Waals surface area contributed by atoms with E-state index < -0.39 is 0 Å².